The van der Waals surface area contributed by atoms with Crippen LogP contribution in [0.5, 0.6) is 5.75 Å². The number of hydrazone groups is 1. The standard InChI is InChI=1S/C25H18N4O3/c26-15-20(17-9-3-1-4-10-17)23(24(31)21(16-27)18-11-5-2-6-12-18)28-29-25(32)19-13-7-8-14-22(19)30/h1-14,20-21,30H,(H,29,32)/b28-23+/t20-,21+/m1/s1. The van der Waals surface area contributed by atoms with Crippen molar-refractivity contribution >= 4 is 17.4 Å². The van der Waals surface area contributed by atoms with Crippen LogP contribution in [0.25, 0.3) is 0 Å². The molecule has 0 saturated carbocycles. The molecule has 156 valence electrons. The lowest BCUT2D eigenvalue weighted by Crippen LogP contribution is -2.30. The largest absolute Gasteiger partial charge is 0.507 e. The van der Waals surface area contributed by atoms with Gasteiger partial charge in [-0.3, -0.25) is 9.59 Å². The van der Waals surface area contributed by atoms with Crippen molar-refractivity contribution in [1.82, 2.24) is 5.43 Å². The van der Waals surface area contributed by atoms with Gasteiger partial charge in [0.1, 0.15) is 23.3 Å². The van der Waals surface area contributed by atoms with E-state index in [1.165, 1.54) is 12.1 Å². The highest BCUT2D eigenvalue weighted by Crippen LogP contribution is 2.24. The molecule has 2 N–H and O–H groups in total. The molecule has 32 heavy (non-hydrogen) atoms. The third-order valence-electron chi connectivity index (χ3n) is 4.74. The van der Waals surface area contributed by atoms with E-state index in [9.17, 15) is 25.2 Å². The number of phenols is 1. The van der Waals surface area contributed by atoms with E-state index >= 15 is 0 Å². The fourth-order valence-corrected chi connectivity index (χ4v) is 3.12. The molecule has 0 aliphatic heterocycles. The molecule has 2 atom stereocenters. The van der Waals surface area contributed by atoms with Crippen molar-refractivity contribution in [3.8, 4) is 17.9 Å². The number of carbonyl (C=O) groups is 2. The smallest absolute Gasteiger partial charge is 0.275 e. The molecule has 0 heterocycles. The number of aromatic hydroxyl groups is 1. The van der Waals surface area contributed by atoms with E-state index in [0.717, 1.165) is 0 Å². The zero-order valence-corrected chi connectivity index (χ0v) is 16.8. The van der Waals surface area contributed by atoms with Crippen molar-refractivity contribution in [3.05, 3.63) is 102 Å². The summed E-state index contributed by atoms with van der Waals surface area (Å²) in [6.45, 7) is 0. The van der Waals surface area contributed by atoms with Crippen LogP contribution in [-0.4, -0.2) is 22.5 Å². The van der Waals surface area contributed by atoms with E-state index in [1.807, 2.05) is 12.1 Å². The minimum absolute atomic E-state index is 0.0452. The summed E-state index contributed by atoms with van der Waals surface area (Å²) < 4.78 is 0. The molecule has 0 saturated heterocycles. The van der Waals surface area contributed by atoms with Crippen LogP contribution in [0.3, 0.4) is 0 Å². The van der Waals surface area contributed by atoms with Crippen LogP contribution in [0.4, 0.5) is 0 Å². The first kappa shape index (κ1) is 21.9. The summed E-state index contributed by atoms with van der Waals surface area (Å²) >= 11 is 0. The number of carbonyl (C=O) groups excluding carboxylic acids is 2. The van der Waals surface area contributed by atoms with Crippen molar-refractivity contribution in [2.75, 3.05) is 0 Å². The number of amides is 1. The summed E-state index contributed by atoms with van der Waals surface area (Å²) in [7, 11) is 0. The molecule has 7 nitrogen and oxygen atoms in total. The third-order valence-corrected chi connectivity index (χ3v) is 4.74. The van der Waals surface area contributed by atoms with Crippen LogP contribution in [0.1, 0.15) is 33.3 Å². The van der Waals surface area contributed by atoms with Gasteiger partial charge in [0.15, 0.2) is 0 Å². The maximum atomic E-state index is 13.4. The number of ketones is 1. The number of hydrogen-bond donors (Lipinski definition) is 2. The minimum atomic E-state index is -1.21. The number of para-hydroxylation sites is 1. The Balaban J connectivity index is 2.03. The first-order valence-electron chi connectivity index (χ1n) is 9.66. The van der Waals surface area contributed by atoms with Gasteiger partial charge in [-0.2, -0.15) is 15.6 Å². The Bertz CT molecular complexity index is 1230. The SMILES string of the molecule is N#C[C@H](C(=O)/C(=N/NC(=O)c1ccccc1O)[C@H](C#N)c1ccccc1)c1ccccc1. The second kappa shape index (κ2) is 10.3. The Morgan fingerprint density at radius 3 is 1.81 bits per heavy atom. The second-order valence-electron chi connectivity index (χ2n) is 6.76. The molecule has 3 aromatic carbocycles. The number of nitrogens with zero attached hydrogens (tertiary/aromatic N) is 3. The number of hydrogen-bond acceptors (Lipinski definition) is 6. The summed E-state index contributed by atoms with van der Waals surface area (Å²) in [6.07, 6.45) is 0. The highest BCUT2D eigenvalue weighted by Gasteiger charge is 2.32. The van der Waals surface area contributed by atoms with E-state index in [0.29, 0.717) is 11.1 Å². The molecule has 0 aliphatic rings. The van der Waals surface area contributed by atoms with E-state index in [2.05, 4.69) is 10.5 Å². The van der Waals surface area contributed by atoms with Crippen molar-refractivity contribution in [2.45, 2.75) is 11.8 Å². The van der Waals surface area contributed by atoms with Gasteiger partial charge in [-0.1, -0.05) is 72.8 Å². The Labute approximate surface area is 184 Å². The van der Waals surface area contributed by atoms with E-state index < -0.39 is 23.5 Å². The van der Waals surface area contributed by atoms with Gasteiger partial charge in [0.05, 0.1) is 17.7 Å². The third kappa shape index (κ3) is 4.86. The summed E-state index contributed by atoms with van der Waals surface area (Å²) in [6, 6.07) is 26.8. The van der Waals surface area contributed by atoms with Gasteiger partial charge in [0.2, 0.25) is 5.78 Å². The van der Waals surface area contributed by atoms with Crippen LogP contribution in [0.15, 0.2) is 90.0 Å². The van der Waals surface area contributed by atoms with E-state index in [1.54, 1.807) is 72.8 Å². The van der Waals surface area contributed by atoms with Crippen LogP contribution >= 0.6 is 0 Å². The Morgan fingerprint density at radius 1 is 0.781 bits per heavy atom. The highest BCUT2D eigenvalue weighted by molar-refractivity contribution is 6.45. The molecule has 0 bridgehead atoms. The lowest BCUT2D eigenvalue weighted by Gasteiger charge is -2.15. The van der Waals surface area contributed by atoms with Crippen molar-refractivity contribution < 1.29 is 14.7 Å². The van der Waals surface area contributed by atoms with Gasteiger partial charge in [-0.15, -0.1) is 0 Å². The minimum Gasteiger partial charge on any atom is -0.507 e. The van der Waals surface area contributed by atoms with Crippen molar-refractivity contribution in [1.29, 1.82) is 10.5 Å². The van der Waals surface area contributed by atoms with Gasteiger partial charge in [-0.05, 0) is 23.3 Å². The highest BCUT2D eigenvalue weighted by atomic mass is 16.3. The maximum Gasteiger partial charge on any atom is 0.275 e. The monoisotopic (exact) mass is 422 g/mol. The molecule has 3 rings (SSSR count). The fraction of sp³-hybridized carbons (Fsp3) is 0.0800. The van der Waals surface area contributed by atoms with Crippen LogP contribution in [-0.2, 0) is 4.79 Å². The average molecular weight is 422 g/mol. The average Bonchev–Trinajstić information content (AvgIpc) is 2.83. The summed E-state index contributed by atoms with van der Waals surface area (Å²) in [5.41, 5.74) is 2.86. The second-order valence-corrected chi connectivity index (χ2v) is 6.76. The molecule has 0 unspecified atom stereocenters. The van der Waals surface area contributed by atoms with Crippen LogP contribution in [0.2, 0.25) is 0 Å². The quantitative estimate of drug-likeness (QED) is 0.444. The molecule has 1 amide bonds. The lowest BCUT2D eigenvalue weighted by molar-refractivity contribution is -0.113. The van der Waals surface area contributed by atoms with Gasteiger partial charge >= 0.3 is 0 Å². The predicted octanol–water partition coefficient (Wildman–Crippen LogP) is 3.66. The van der Waals surface area contributed by atoms with E-state index in [4.69, 9.17) is 0 Å². The van der Waals surface area contributed by atoms with Gasteiger partial charge in [-0.25, -0.2) is 5.43 Å². The predicted molar refractivity (Wildman–Crippen MR) is 118 cm³/mol. The molecular weight excluding hydrogens is 404 g/mol. The first-order valence-corrected chi connectivity index (χ1v) is 9.66. The number of nitriles is 2. The molecule has 0 aliphatic carbocycles. The lowest BCUT2D eigenvalue weighted by atomic mass is 9.86. The Kier molecular flexibility index (Phi) is 7.09. The first-order chi connectivity index (χ1) is 15.6. The maximum absolute atomic E-state index is 13.4. The molecule has 3 aromatic rings. The Hall–Kier alpha value is -4.75. The van der Waals surface area contributed by atoms with Crippen LogP contribution in [0, 0.1) is 22.7 Å². The zero-order valence-electron chi connectivity index (χ0n) is 16.8. The number of nitrogens with one attached hydrogen (secondary N) is 1. The number of phenolic OH excluding ortho intramolecular Hbond substituents is 1. The summed E-state index contributed by atoms with van der Waals surface area (Å²) in [4.78, 5) is 25.9. The number of Topliss-reactive ketones (excluding diaryl/α,β-unsaturated/α-hetero) is 1. The van der Waals surface area contributed by atoms with Crippen LogP contribution < -0.4 is 5.43 Å². The van der Waals surface area contributed by atoms with E-state index in [-0.39, 0.29) is 17.0 Å². The fourth-order valence-electron chi connectivity index (χ4n) is 3.12. The van der Waals surface area contributed by atoms with Gasteiger partial charge in [0.25, 0.3) is 5.91 Å². The van der Waals surface area contributed by atoms with Crippen molar-refractivity contribution in [2.24, 2.45) is 5.10 Å². The Morgan fingerprint density at radius 2 is 1.28 bits per heavy atom. The normalized spacial score (nSPS) is 12.6. The molecule has 0 spiro atoms. The molecule has 0 radical (unpaired) electrons. The topological polar surface area (TPSA) is 126 Å². The summed E-state index contributed by atoms with van der Waals surface area (Å²) in [5, 5.41) is 33.4. The van der Waals surface area contributed by atoms with Crippen molar-refractivity contribution in [3.63, 3.8) is 0 Å². The molecule has 7 heteroatoms. The number of benzene rings is 3. The molecular formula is C25H18N4O3. The molecule has 0 fully saturated rings. The van der Waals surface area contributed by atoms with Gasteiger partial charge in [0, 0.05) is 0 Å². The summed E-state index contributed by atoms with van der Waals surface area (Å²) in [5.74, 6) is -4.05. The number of rotatable bonds is 7. The zero-order chi connectivity index (χ0) is 22.9. The molecule has 0 aromatic heterocycles. The van der Waals surface area contributed by atoms with Gasteiger partial charge < -0.3 is 5.11 Å².